The molecule has 3 aliphatic rings. The minimum absolute atomic E-state index is 0.153. The van der Waals surface area contributed by atoms with Crippen molar-refractivity contribution in [3.05, 3.63) is 31.0 Å². The molecule has 9 heteroatoms. The third kappa shape index (κ3) is 4.01. The third-order valence-corrected chi connectivity index (χ3v) is 8.09. The number of likely N-dealkylation sites (tertiary alicyclic amines) is 2. The number of methoxy groups -OCH3 is 1. The first-order valence-corrected chi connectivity index (χ1v) is 12.6. The molecule has 2 atom stereocenters. The number of rotatable bonds is 5. The van der Waals surface area contributed by atoms with E-state index < -0.39 is 0 Å². The predicted octanol–water partition coefficient (Wildman–Crippen LogP) is 2.87. The van der Waals surface area contributed by atoms with Crippen molar-refractivity contribution in [2.45, 2.75) is 56.7 Å². The smallest absolute Gasteiger partial charge is 0.225 e. The number of piperidine rings is 1. The summed E-state index contributed by atoms with van der Waals surface area (Å²) in [7, 11) is 1.77. The van der Waals surface area contributed by atoms with Gasteiger partial charge in [0.2, 0.25) is 5.91 Å². The predicted molar refractivity (Wildman–Crippen MR) is 128 cm³/mol. The second-order valence-electron chi connectivity index (χ2n) is 10.1. The van der Waals surface area contributed by atoms with Gasteiger partial charge in [-0.05, 0) is 38.2 Å². The zero-order chi connectivity index (χ0) is 23.1. The average Bonchev–Trinajstić information content (AvgIpc) is 3.53. The molecule has 9 nitrogen and oxygen atoms in total. The van der Waals surface area contributed by atoms with Crippen LogP contribution in [0.4, 0.5) is 0 Å². The second-order valence-corrected chi connectivity index (χ2v) is 10.1. The molecule has 1 N–H and O–H groups in total. The van der Waals surface area contributed by atoms with E-state index >= 15 is 0 Å². The quantitative estimate of drug-likeness (QED) is 0.626. The fourth-order valence-corrected chi connectivity index (χ4v) is 6.01. The molecule has 5 heterocycles. The van der Waals surface area contributed by atoms with Gasteiger partial charge in [0, 0.05) is 68.6 Å². The Morgan fingerprint density at radius 3 is 2.79 bits per heavy atom. The van der Waals surface area contributed by atoms with Crippen LogP contribution in [0.3, 0.4) is 0 Å². The summed E-state index contributed by atoms with van der Waals surface area (Å²) in [4.78, 5) is 29.6. The van der Waals surface area contributed by atoms with E-state index in [2.05, 4.69) is 40.7 Å². The molecule has 3 aromatic rings. The molecule has 2 unspecified atom stereocenters. The monoisotopic (exact) mass is 463 g/mol. The van der Waals surface area contributed by atoms with Gasteiger partial charge in [-0.2, -0.15) is 5.10 Å². The van der Waals surface area contributed by atoms with E-state index in [4.69, 9.17) is 4.74 Å². The number of H-pyrrole nitrogens is 1. The molecule has 1 amide bonds. The van der Waals surface area contributed by atoms with Gasteiger partial charge in [0.05, 0.1) is 24.0 Å². The first-order valence-electron chi connectivity index (χ1n) is 12.6. The number of hydrogen-bond acceptors (Lipinski definition) is 6. The summed E-state index contributed by atoms with van der Waals surface area (Å²) in [5.74, 6) is 0.507. The highest BCUT2D eigenvalue weighted by atomic mass is 16.5. The third-order valence-electron chi connectivity index (χ3n) is 8.09. The first-order chi connectivity index (χ1) is 16.7. The Labute approximate surface area is 199 Å². The Bertz CT molecular complexity index is 1140. The maximum Gasteiger partial charge on any atom is 0.225 e. The van der Waals surface area contributed by atoms with Gasteiger partial charge in [-0.25, -0.2) is 9.97 Å². The van der Waals surface area contributed by atoms with Crippen LogP contribution in [0, 0.1) is 5.92 Å². The zero-order valence-corrected chi connectivity index (χ0v) is 19.8. The van der Waals surface area contributed by atoms with Crippen LogP contribution in [0.2, 0.25) is 0 Å². The van der Waals surface area contributed by atoms with Gasteiger partial charge in [0.25, 0.3) is 0 Å². The minimum atomic E-state index is 0.153. The van der Waals surface area contributed by atoms with Gasteiger partial charge in [-0.1, -0.05) is 6.42 Å². The van der Waals surface area contributed by atoms with Crippen LogP contribution in [-0.2, 0) is 9.53 Å². The largest absolute Gasteiger partial charge is 0.381 e. The lowest BCUT2D eigenvalue weighted by Gasteiger charge is -2.47. The van der Waals surface area contributed by atoms with E-state index in [1.54, 1.807) is 13.4 Å². The number of aromatic nitrogens is 5. The molecule has 6 rings (SSSR count). The molecule has 3 aromatic heterocycles. The SMILES string of the molecule is COC1CCCC(C(=O)N2CCC(N3CC(n4cc(-c5ncnc6[nH]ccc56)cn4)C3)CC2)C1. The highest BCUT2D eigenvalue weighted by Crippen LogP contribution is 2.32. The molecule has 2 aliphatic heterocycles. The first kappa shape index (κ1) is 21.7. The minimum Gasteiger partial charge on any atom is -0.381 e. The van der Waals surface area contributed by atoms with Crippen molar-refractivity contribution < 1.29 is 9.53 Å². The average molecular weight is 464 g/mol. The number of carbonyl (C=O) groups excluding carboxylic acids is 1. The summed E-state index contributed by atoms with van der Waals surface area (Å²) in [6.07, 6.45) is 14.0. The maximum atomic E-state index is 13.0. The Kier molecular flexibility index (Phi) is 5.82. The standard InChI is InChI=1S/C25H33N7O2/c1-34-21-4-2-3-17(11-21)25(33)30-9-6-19(7-10-30)31-14-20(15-31)32-13-18(12-29-32)23-22-5-8-26-24(22)28-16-27-23/h5,8,12-13,16-17,19-21H,2-4,6-7,9-11,14-15H2,1H3,(H,26,27,28). The van der Waals surface area contributed by atoms with Crippen molar-refractivity contribution in [3.8, 4) is 11.3 Å². The summed E-state index contributed by atoms with van der Waals surface area (Å²) in [6.45, 7) is 3.79. The van der Waals surface area contributed by atoms with Crippen molar-refractivity contribution in [2.24, 2.45) is 5.92 Å². The van der Waals surface area contributed by atoms with Crippen molar-refractivity contribution in [1.82, 2.24) is 34.5 Å². The number of ether oxygens (including phenoxy) is 1. The Morgan fingerprint density at radius 2 is 1.97 bits per heavy atom. The number of carbonyl (C=O) groups is 1. The van der Waals surface area contributed by atoms with Crippen LogP contribution in [0.15, 0.2) is 31.0 Å². The fourth-order valence-electron chi connectivity index (χ4n) is 6.01. The lowest BCUT2D eigenvalue weighted by atomic mass is 9.85. The number of nitrogens with zero attached hydrogens (tertiary/aromatic N) is 6. The highest BCUT2D eigenvalue weighted by molar-refractivity contribution is 5.90. The van der Waals surface area contributed by atoms with E-state index in [0.717, 1.165) is 87.0 Å². The molecule has 34 heavy (non-hydrogen) atoms. The molecular formula is C25H33N7O2. The normalized spacial score (nSPS) is 25.0. The van der Waals surface area contributed by atoms with Gasteiger partial charge in [0.1, 0.15) is 12.0 Å². The van der Waals surface area contributed by atoms with Crippen molar-refractivity contribution in [2.75, 3.05) is 33.3 Å². The number of fused-ring (bicyclic) bond motifs is 1. The lowest BCUT2D eigenvalue weighted by molar-refractivity contribution is -0.140. The molecule has 0 bridgehead atoms. The topological polar surface area (TPSA) is 92.2 Å². The van der Waals surface area contributed by atoms with Gasteiger partial charge in [-0.15, -0.1) is 0 Å². The van der Waals surface area contributed by atoms with Crippen molar-refractivity contribution in [1.29, 1.82) is 0 Å². The number of amides is 1. The van der Waals surface area contributed by atoms with Gasteiger partial charge >= 0.3 is 0 Å². The summed E-state index contributed by atoms with van der Waals surface area (Å²) in [5, 5.41) is 5.66. The zero-order valence-electron chi connectivity index (χ0n) is 19.8. The van der Waals surface area contributed by atoms with E-state index in [-0.39, 0.29) is 12.0 Å². The van der Waals surface area contributed by atoms with Crippen LogP contribution in [-0.4, -0.2) is 85.9 Å². The molecule has 0 spiro atoms. The molecule has 0 radical (unpaired) electrons. The van der Waals surface area contributed by atoms with Crippen LogP contribution in [0.1, 0.15) is 44.6 Å². The summed E-state index contributed by atoms with van der Waals surface area (Å²) in [5.41, 5.74) is 2.79. The van der Waals surface area contributed by atoms with Crippen LogP contribution < -0.4 is 0 Å². The molecule has 1 saturated carbocycles. The molecular weight excluding hydrogens is 430 g/mol. The lowest BCUT2D eigenvalue weighted by Crippen LogP contribution is -2.56. The summed E-state index contributed by atoms with van der Waals surface area (Å²) < 4.78 is 7.61. The van der Waals surface area contributed by atoms with E-state index in [9.17, 15) is 4.79 Å². The Balaban J connectivity index is 1.01. The van der Waals surface area contributed by atoms with Gasteiger partial charge in [-0.3, -0.25) is 14.4 Å². The maximum absolute atomic E-state index is 13.0. The Hall–Kier alpha value is -2.78. The number of aromatic amines is 1. The van der Waals surface area contributed by atoms with E-state index in [1.807, 2.05) is 18.5 Å². The summed E-state index contributed by atoms with van der Waals surface area (Å²) >= 11 is 0. The van der Waals surface area contributed by atoms with E-state index in [1.165, 1.54) is 0 Å². The number of hydrogen-bond donors (Lipinski definition) is 1. The second kappa shape index (κ2) is 9.11. The summed E-state index contributed by atoms with van der Waals surface area (Å²) in [6, 6.07) is 2.97. The van der Waals surface area contributed by atoms with Crippen LogP contribution in [0.25, 0.3) is 22.3 Å². The molecule has 1 aliphatic carbocycles. The molecule has 2 saturated heterocycles. The van der Waals surface area contributed by atoms with Gasteiger partial charge < -0.3 is 14.6 Å². The molecule has 0 aromatic carbocycles. The van der Waals surface area contributed by atoms with Crippen LogP contribution >= 0.6 is 0 Å². The molecule has 180 valence electrons. The Morgan fingerprint density at radius 1 is 1.12 bits per heavy atom. The fraction of sp³-hybridized carbons (Fsp3) is 0.600. The van der Waals surface area contributed by atoms with Crippen molar-refractivity contribution >= 4 is 16.9 Å². The number of nitrogens with one attached hydrogen (secondary N) is 1. The van der Waals surface area contributed by atoms with Crippen molar-refractivity contribution in [3.63, 3.8) is 0 Å². The van der Waals surface area contributed by atoms with E-state index in [0.29, 0.717) is 18.0 Å². The van der Waals surface area contributed by atoms with Crippen LogP contribution in [0.5, 0.6) is 0 Å². The van der Waals surface area contributed by atoms with Gasteiger partial charge in [0.15, 0.2) is 0 Å². The highest BCUT2D eigenvalue weighted by Gasteiger charge is 2.37. The molecule has 3 fully saturated rings.